The normalized spacial score (nSPS) is 15.9. The molecule has 0 saturated carbocycles. The van der Waals surface area contributed by atoms with Gasteiger partial charge < -0.3 is 15.7 Å². The minimum Gasteiger partial charge on any atom is -0.383 e. The Morgan fingerprint density at radius 2 is 2.14 bits per heavy atom. The van der Waals surface area contributed by atoms with Crippen molar-refractivity contribution in [3.8, 4) is 0 Å². The molecule has 2 aromatic heterocycles. The summed E-state index contributed by atoms with van der Waals surface area (Å²) in [5, 5.41) is 22.7. The second-order valence-corrected chi connectivity index (χ2v) is 8.75. The minimum absolute atomic E-state index is 0. The second kappa shape index (κ2) is 11.3. The lowest BCUT2D eigenvalue weighted by molar-refractivity contribution is 0.0672. The molecule has 0 aromatic carbocycles. The highest BCUT2D eigenvalue weighted by molar-refractivity contribution is 14.0. The van der Waals surface area contributed by atoms with Crippen molar-refractivity contribution in [1.82, 2.24) is 25.4 Å². The van der Waals surface area contributed by atoms with E-state index in [0.717, 1.165) is 43.9 Å². The lowest BCUT2D eigenvalue weighted by Gasteiger charge is -2.20. The van der Waals surface area contributed by atoms with Gasteiger partial charge in [0.15, 0.2) is 5.96 Å². The zero-order chi connectivity index (χ0) is 20.0. The van der Waals surface area contributed by atoms with Crippen LogP contribution in [0.25, 0.3) is 0 Å². The number of aromatic nitrogens is 3. The van der Waals surface area contributed by atoms with Gasteiger partial charge in [-0.05, 0) is 46.0 Å². The number of hydrogen-bond acceptors (Lipinski definition) is 5. The number of aliphatic imine (C=N–C) groups is 1. The summed E-state index contributed by atoms with van der Waals surface area (Å²) in [6, 6.07) is 0. The quantitative estimate of drug-likeness (QED) is 0.211. The summed E-state index contributed by atoms with van der Waals surface area (Å²) in [6.45, 7) is 5.68. The van der Waals surface area contributed by atoms with E-state index in [1.54, 1.807) is 17.8 Å². The number of fused-ring (bicyclic) bond motifs is 1. The average molecular weight is 532 g/mol. The van der Waals surface area contributed by atoms with Crippen LogP contribution in [0.4, 0.5) is 0 Å². The topological polar surface area (TPSA) is 87.4 Å². The molecule has 9 heteroatoms. The van der Waals surface area contributed by atoms with Crippen LogP contribution in [-0.4, -0.2) is 45.5 Å². The molecule has 0 saturated heterocycles. The molecule has 0 spiro atoms. The third-order valence-electron chi connectivity index (χ3n) is 4.97. The summed E-state index contributed by atoms with van der Waals surface area (Å²) in [5.41, 5.74) is 1.06. The minimum atomic E-state index is -1.05. The van der Waals surface area contributed by atoms with E-state index in [-0.39, 0.29) is 30.5 Å². The summed E-state index contributed by atoms with van der Waals surface area (Å²) in [6.07, 6.45) is 10.5. The zero-order valence-corrected chi connectivity index (χ0v) is 20.7. The zero-order valence-electron chi connectivity index (χ0n) is 17.6. The molecule has 0 aliphatic heterocycles. The van der Waals surface area contributed by atoms with E-state index in [1.165, 1.54) is 34.8 Å². The van der Waals surface area contributed by atoms with Gasteiger partial charge in [0.05, 0.1) is 23.4 Å². The van der Waals surface area contributed by atoms with Crippen molar-refractivity contribution in [2.45, 2.75) is 58.0 Å². The first-order chi connectivity index (χ1) is 13.5. The first-order valence-corrected chi connectivity index (χ1v) is 11.0. The molecule has 2 aromatic rings. The monoisotopic (exact) mass is 532 g/mol. The van der Waals surface area contributed by atoms with E-state index in [4.69, 9.17) is 4.98 Å². The Labute approximate surface area is 194 Å². The highest BCUT2D eigenvalue weighted by Gasteiger charge is 2.24. The van der Waals surface area contributed by atoms with Crippen molar-refractivity contribution in [1.29, 1.82) is 0 Å². The van der Waals surface area contributed by atoms with E-state index < -0.39 is 5.60 Å². The number of thiazole rings is 1. The summed E-state index contributed by atoms with van der Waals surface area (Å²) in [4.78, 5) is 10.9. The number of aliphatic hydroxyl groups is 1. The SMILES string of the molecule is CCNC(=NCC(C)(O)c1cnn(C)c1)NCCCc1nc2c(s1)CCCC2.I. The highest BCUT2D eigenvalue weighted by Crippen LogP contribution is 2.27. The molecule has 3 N–H and O–H groups in total. The third-order valence-corrected chi connectivity index (χ3v) is 6.18. The predicted molar refractivity (Wildman–Crippen MR) is 129 cm³/mol. The number of nitrogens with zero attached hydrogens (tertiary/aromatic N) is 4. The Morgan fingerprint density at radius 1 is 1.34 bits per heavy atom. The van der Waals surface area contributed by atoms with Gasteiger partial charge in [0.2, 0.25) is 0 Å². The van der Waals surface area contributed by atoms with Gasteiger partial charge in [-0.15, -0.1) is 35.3 Å². The molecule has 29 heavy (non-hydrogen) atoms. The average Bonchev–Trinajstić information content (AvgIpc) is 3.29. The molecule has 0 fully saturated rings. The van der Waals surface area contributed by atoms with E-state index in [2.05, 4.69) is 20.7 Å². The fourth-order valence-corrected chi connectivity index (χ4v) is 4.52. The van der Waals surface area contributed by atoms with Gasteiger partial charge in [-0.3, -0.25) is 4.68 Å². The Bertz CT molecular complexity index is 777. The predicted octanol–water partition coefficient (Wildman–Crippen LogP) is 2.77. The number of guanidine groups is 1. The van der Waals surface area contributed by atoms with Crippen molar-refractivity contribution in [3.05, 3.63) is 33.5 Å². The number of nitrogens with one attached hydrogen (secondary N) is 2. The van der Waals surface area contributed by atoms with E-state index in [9.17, 15) is 5.11 Å². The van der Waals surface area contributed by atoms with E-state index >= 15 is 0 Å². The first kappa shape index (κ1) is 24.1. The maximum Gasteiger partial charge on any atom is 0.191 e. The third kappa shape index (κ3) is 6.92. The van der Waals surface area contributed by atoms with Crippen molar-refractivity contribution >= 4 is 41.3 Å². The van der Waals surface area contributed by atoms with Gasteiger partial charge in [0.25, 0.3) is 0 Å². The number of hydrogen-bond donors (Lipinski definition) is 3. The summed E-state index contributed by atoms with van der Waals surface area (Å²) < 4.78 is 1.69. The van der Waals surface area contributed by atoms with Crippen LogP contribution in [0.5, 0.6) is 0 Å². The van der Waals surface area contributed by atoms with Crippen LogP contribution in [0.15, 0.2) is 17.4 Å². The van der Waals surface area contributed by atoms with Gasteiger partial charge in [-0.25, -0.2) is 9.98 Å². The van der Waals surface area contributed by atoms with Gasteiger partial charge >= 0.3 is 0 Å². The van der Waals surface area contributed by atoms with Crippen molar-refractivity contribution in [2.24, 2.45) is 12.0 Å². The summed E-state index contributed by atoms with van der Waals surface area (Å²) in [7, 11) is 1.84. The molecule has 0 amide bonds. The standard InChI is InChI=1S/C20H32N6OS.HI/c1-4-21-19(23-14-20(2,27)15-12-24-26(3)13-15)22-11-7-10-18-25-16-8-5-6-9-17(16)28-18;/h12-13,27H,4-11,14H2,1-3H3,(H2,21,22,23);1H. The van der Waals surface area contributed by atoms with Gasteiger partial charge in [0.1, 0.15) is 5.60 Å². The fourth-order valence-electron chi connectivity index (χ4n) is 3.32. The fraction of sp³-hybridized carbons (Fsp3) is 0.650. The molecule has 0 bridgehead atoms. The van der Waals surface area contributed by atoms with Crippen LogP contribution in [0.2, 0.25) is 0 Å². The number of aryl methyl sites for hydroxylation is 4. The molecule has 1 aliphatic rings. The van der Waals surface area contributed by atoms with Gasteiger partial charge in [-0.1, -0.05) is 0 Å². The molecular formula is C20H33IN6OS. The molecule has 1 unspecified atom stereocenters. The molecule has 7 nitrogen and oxygen atoms in total. The molecule has 0 radical (unpaired) electrons. The lowest BCUT2D eigenvalue weighted by Crippen LogP contribution is -2.39. The van der Waals surface area contributed by atoms with E-state index in [0.29, 0.717) is 0 Å². The molecule has 1 aliphatic carbocycles. The van der Waals surface area contributed by atoms with Crippen LogP contribution in [0, 0.1) is 0 Å². The second-order valence-electron chi connectivity index (χ2n) is 7.59. The van der Waals surface area contributed by atoms with Crippen LogP contribution < -0.4 is 10.6 Å². The van der Waals surface area contributed by atoms with Crippen molar-refractivity contribution < 1.29 is 5.11 Å². The maximum absolute atomic E-state index is 10.7. The van der Waals surface area contributed by atoms with E-state index in [1.807, 2.05) is 31.5 Å². The first-order valence-electron chi connectivity index (χ1n) is 10.2. The number of rotatable bonds is 8. The largest absolute Gasteiger partial charge is 0.383 e. The van der Waals surface area contributed by atoms with Crippen molar-refractivity contribution in [3.63, 3.8) is 0 Å². The number of halogens is 1. The smallest absolute Gasteiger partial charge is 0.191 e. The molecule has 1 atom stereocenters. The Hall–Kier alpha value is -1.20. The molecule has 162 valence electrons. The summed E-state index contributed by atoms with van der Waals surface area (Å²) in [5.74, 6) is 0.727. The van der Waals surface area contributed by atoms with Gasteiger partial charge in [0, 0.05) is 43.2 Å². The van der Waals surface area contributed by atoms with Crippen LogP contribution in [-0.2, 0) is 31.9 Å². The molecular weight excluding hydrogens is 499 g/mol. The van der Waals surface area contributed by atoms with Crippen molar-refractivity contribution in [2.75, 3.05) is 19.6 Å². The highest BCUT2D eigenvalue weighted by atomic mass is 127. The molecule has 3 rings (SSSR count). The Morgan fingerprint density at radius 3 is 2.83 bits per heavy atom. The molecule has 2 heterocycles. The maximum atomic E-state index is 10.7. The van der Waals surface area contributed by atoms with Crippen LogP contribution in [0.1, 0.15) is 54.3 Å². The van der Waals surface area contributed by atoms with Crippen LogP contribution >= 0.6 is 35.3 Å². The van der Waals surface area contributed by atoms with Crippen LogP contribution in [0.3, 0.4) is 0 Å². The summed E-state index contributed by atoms with van der Waals surface area (Å²) >= 11 is 1.89. The Balaban J connectivity index is 0.00000300. The van der Waals surface area contributed by atoms with Gasteiger partial charge in [-0.2, -0.15) is 5.10 Å². The lowest BCUT2D eigenvalue weighted by atomic mass is 10.0. The Kier molecular flexibility index (Phi) is 9.35.